The quantitative estimate of drug-likeness (QED) is 0.923. The Morgan fingerprint density at radius 3 is 2.70 bits per heavy atom. The summed E-state index contributed by atoms with van der Waals surface area (Å²) < 4.78 is 39.9. The minimum atomic E-state index is -3.65. The van der Waals surface area contributed by atoms with E-state index in [4.69, 9.17) is 5.73 Å². The van der Waals surface area contributed by atoms with Crippen molar-refractivity contribution < 1.29 is 12.8 Å². The third-order valence-corrected chi connectivity index (χ3v) is 5.73. The van der Waals surface area contributed by atoms with Crippen molar-refractivity contribution in [2.24, 2.45) is 11.7 Å². The van der Waals surface area contributed by atoms with Crippen LogP contribution in [0.25, 0.3) is 0 Å². The van der Waals surface area contributed by atoms with E-state index in [1.807, 2.05) is 0 Å². The van der Waals surface area contributed by atoms with Crippen molar-refractivity contribution in [3.05, 3.63) is 29.6 Å². The second-order valence-corrected chi connectivity index (χ2v) is 7.38. The normalized spacial score (nSPS) is 24.2. The molecule has 1 aliphatic rings. The molecule has 2 atom stereocenters. The lowest BCUT2D eigenvalue weighted by molar-refractivity contribution is 0.438. The van der Waals surface area contributed by atoms with E-state index in [0.29, 0.717) is 18.7 Å². The zero-order valence-corrected chi connectivity index (χ0v) is 12.7. The molecule has 1 saturated heterocycles. The first kappa shape index (κ1) is 15.4. The zero-order chi connectivity index (χ0) is 14.9. The maximum Gasteiger partial charge on any atom is 0.243 e. The van der Waals surface area contributed by atoms with Gasteiger partial charge in [0.1, 0.15) is 5.82 Å². The molecule has 20 heavy (non-hydrogen) atoms. The number of nitrogens with zero attached hydrogens (tertiary/aromatic N) is 1. The maximum atomic E-state index is 13.6. The van der Waals surface area contributed by atoms with Crippen molar-refractivity contribution in [1.82, 2.24) is 4.31 Å². The van der Waals surface area contributed by atoms with Gasteiger partial charge in [0.15, 0.2) is 0 Å². The van der Waals surface area contributed by atoms with Crippen LogP contribution in [0.1, 0.15) is 25.3 Å². The van der Waals surface area contributed by atoms with Gasteiger partial charge in [-0.25, -0.2) is 12.8 Å². The topological polar surface area (TPSA) is 63.4 Å². The molecule has 2 rings (SSSR count). The highest BCUT2D eigenvalue weighted by Gasteiger charge is 2.37. The van der Waals surface area contributed by atoms with Crippen LogP contribution in [-0.2, 0) is 10.0 Å². The lowest BCUT2D eigenvalue weighted by atomic mass is 9.99. The van der Waals surface area contributed by atoms with Crippen LogP contribution in [0.5, 0.6) is 0 Å². The Bertz CT molecular complexity index is 589. The van der Waals surface area contributed by atoms with Crippen LogP contribution in [-0.4, -0.2) is 31.9 Å². The predicted octanol–water partition coefficient (Wildman–Crippen LogP) is 1.88. The van der Waals surface area contributed by atoms with E-state index in [9.17, 15) is 12.8 Å². The third-order valence-electron chi connectivity index (χ3n) is 3.90. The molecule has 1 aromatic carbocycles. The summed E-state index contributed by atoms with van der Waals surface area (Å²) in [5.74, 6) is -0.315. The average molecular weight is 300 g/mol. The van der Waals surface area contributed by atoms with E-state index in [2.05, 4.69) is 6.92 Å². The Morgan fingerprint density at radius 1 is 1.40 bits per heavy atom. The minimum Gasteiger partial charge on any atom is -0.326 e. The van der Waals surface area contributed by atoms with Gasteiger partial charge in [-0.15, -0.1) is 0 Å². The highest BCUT2D eigenvalue weighted by molar-refractivity contribution is 7.89. The summed E-state index contributed by atoms with van der Waals surface area (Å²) in [6.07, 6.45) is 1.89. The Balaban J connectivity index is 2.25. The van der Waals surface area contributed by atoms with Crippen molar-refractivity contribution in [3.63, 3.8) is 0 Å². The van der Waals surface area contributed by atoms with Gasteiger partial charge in [0, 0.05) is 19.1 Å². The molecule has 4 nitrogen and oxygen atoms in total. The number of hydrogen-bond donors (Lipinski definition) is 1. The first-order valence-electron chi connectivity index (χ1n) is 6.88. The highest BCUT2D eigenvalue weighted by Crippen LogP contribution is 2.27. The Morgan fingerprint density at radius 2 is 2.10 bits per heavy atom. The number of halogens is 1. The SMILES string of the molecule is CCC[C@H]1CN(S(=O)(=O)c2ccc(C)c(F)c2)C[C@@H]1N. The molecule has 0 unspecified atom stereocenters. The molecule has 0 saturated carbocycles. The second kappa shape index (κ2) is 5.79. The van der Waals surface area contributed by atoms with Crippen LogP contribution >= 0.6 is 0 Å². The molecule has 0 radical (unpaired) electrons. The van der Waals surface area contributed by atoms with Crippen molar-refractivity contribution in [2.75, 3.05) is 13.1 Å². The van der Waals surface area contributed by atoms with Gasteiger partial charge >= 0.3 is 0 Å². The third kappa shape index (κ3) is 2.87. The molecule has 0 aromatic heterocycles. The number of rotatable bonds is 4. The van der Waals surface area contributed by atoms with Gasteiger partial charge in [0.25, 0.3) is 0 Å². The monoisotopic (exact) mass is 300 g/mol. The Kier molecular flexibility index (Phi) is 4.46. The van der Waals surface area contributed by atoms with Crippen molar-refractivity contribution in [1.29, 1.82) is 0 Å². The summed E-state index contributed by atoms with van der Waals surface area (Å²) in [6.45, 7) is 4.39. The molecular weight excluding hydrogens is 279 g/mol. The highest BCUT2D eigenvalue weighted by atomic mass is 32.2. The first-order valence-corrected chi connectivity index (χ1v) is 8.32. The number of sulfonamides is 1. The Labute approximate surface area is 119 Å². The lowest BCUT2D eigenvalue weighted by Crippen LogP contribution is -2.32. The largest absolute Gasteiger partial charge is 0.326 e. The molecule has 0 aliphatic carbocycles. The van der Waals surface area contributed by atoms with Gasteiger partial charge in [-0.2, -0.15) is 4.31 Å². The smallest absolute Gasteiger partial charge is 0.243 e. The summed E-state index contributed by atoms with van der Waals surface area (Å²) in [4.78, 5) is 0.00458. The van der Waals surface area contributed by atoms with Crippen LogP contribution < -0.4 is 5.73 Å². The molecule has 0 bridgehead atoms. The minimum absolute atomic E-state index is 0.00458. The zero-order valence-electron chi connectivity index (χ0n) is 11.8. The first-order chi connectivity index (χ1) is 9.36. The molecular formula is C14H21FN2O2S. The van der Waals surface area contributed by atoms with Crippen LogP contribution in [0.3, 0.4) is 0 Å². The summed E-state index contributed by atoms with van der Waals surface area (Å²) in [6, 6.07) is 3.89. The predicted molar refractivity (Wildman–Crippen MR) is 76.3 cm³/mol. The van der Waals surface area contributed by atoms with Gasteiger partial charge in [0.05, 0.1) is 4.90 Å². The molecule has 2 N–H and O–H groups in total. The molecule has 1 heterocycles. The van der Waals surface area contributed by atoms with Gasteiger partial charge in [-0.3, -0.25) is 0 Å². The number of aryl methyl sites for hydroxylation is 1. The molecule has 0 amide bonds. The van der Waals surface area contributed by atoms with E-state index in [-0.39, 0.29) is 16.9 Å². The molecule has 1 aliphatic heterocycles. The molecule has 112 valence electrons. The van der Waals surface area contributed by atoms with Crippen molar-refractivity contribution in [2.45, 2.75) is 37.6 Å². The maximum absolute atomic E-state index is 13.6. The number of benzene rings is 1. The van der Waals surface area contributed by atoms with E-state index in [0.717, 1.165) is 18.9 Å². The second-order valence-electron chi connectivity index (χ2n) is 5.45. The van der Waals surface area contributed by atoms with Gasteiger partial charge in [-0.1, -0.05) is 19.4 Å². The summed E-state index contributed by atoms with van der Waals surface area (Å²) >= 11 is 0. The number of nitrogens with two attached hydrogens (primary N) is 1. The average Bonchev–Trinajstić information content (AvgIpc) is 2.75. The van der Waals surface area contributed by atoms with E-state index < -0.39 is 15.8 Å². The fraction of sp³-hybridized carbons (Fsp3) is 0.571. The fourth-order valence-corrected chi connectivity index (χ4v) is 4.16. The van der Waals surface area contributed by atoms with Crippen molar-refractivity contribution in [3.8, 4) is 0 Å². The molecule has 0 spiro atoms. The lowest BCUT2D eigenvalue weighted by Gasteiger charge is -2.16. The fourth-order valence-electron chi connectivity index (χ4n) is 2.61. The molecule has 6 heteroatoms. The van der Waals surface area contributed by atoms with Gasteiger partial charge < -0.3 is 5.73 Å². The van der Waals surface area contributed by atoms with Crippen LogP contribution in [0, 0.1) is 18.7 Å². The summed E-state index contributed by atoms with van der Waals surface area (Å²) in [7, 11) is -3.65. The standard InChI is InChI=1S/C14H21FN2O2S/c1-3-4-11-8-17(9-14(11)16)20(18,19)12-6-5-10(2)13(15)7-12/h5-7,11,14H,3-4,8-9,16H2,1-2H3/t11-,14-/m0/s1. The van der Waals surface area contributed by atoms with Crippen LogP contribution in [0.15, 0.2) is 23.1 Å². The van der Waals surface area contributed by atoms with Crippen LogP contribution in [0.2, 0.25) is 0 Å². The van der Waals surface area contributed by atoms with E-state index in [1.165, 1.54) is 16.4 Å². The molecule has 1 fully saturated rings. The van der Waals surface area contributed by atoms with Crippen LogP contribution in [0.4, 0.5) is 4.39 Å². The molecule has 1 aromatic rings. The van der Waals surface area contributed by atoms with Gasteiger partial charge in [-0.05, 0) is 37.0 Å². The summed E-state index contributed by atoms with van der Waals surface area (Å²) in [5.41, 5.74) is 6.44. The van der Waals surface area contributed by atoms with E-state index in [1.54, 1.807) is 6.92 Å². The van der Waals surface area contributed by atoms with Gasteiger partial charge in [0.2, 0.25) is 10.0 Å². The number of hydrogen-bond acceptors (Lipinski definition) is 3. The van der Waals surface area contributed by atoms with E-state index >= 15 is 0 Å². The van der Waals surface area contributed by atoms with Crippen molar-refractivity contribution >= 4 is 10.0 Å². The summed E-state index contributed by atoms with van der Waals surface area (Å²) in [5, 5.41) is 0. The Hall–Kier alpha value is -0.980.